The van der Waals surface area contributed by atoms with Crippen LogP contribution in [0.1, 0.15) is 25.8 Å². The third-order valence-electron chi connectivity index (χ3n) is 3.68. The number of carbonyl (C=O) groups excluding carboxylic acids is 2. The molecule has 0 saturated heterocycles. The molecule has 24 heavy (non-hydrogen) atoms. The van der Waals surface area contributed by atoms with E-state index in [0.29, 0.717) is 13.1 Å². The highest BCUT2D eigenvalue weighted by molar-refractivity contribution is 6.36. The van der Waals surface area contributed by atoms with Gasteiger partial charge >= 0.3 is 5.97 Å². The largest absolute Gasteiger partial charge is 0.475 e. The predicted molar refractivity (Wildman–Crippen MR) is 91.5 cm³/mol. The van der Waals surface area contributed by atoms with Crippen molar-refractivity contribution < 1.29 is 19.5 Å². The van der Waals surface area contributed by atoms with Gasteiger partial charge in [-0.3, -0.25) is 9.59 Å². The molecule has 0 aliphatic rings. The first-order valence-corrected chi connectivity index (χ1v) is 7.88. The van der Waals surface area contributed by atoms with Gasteiger partial charge in [-0.05, 0) is 28.3 Å². The average Bonchev–Trinajstić information content (AvgIpc) is 2.53. The van der Waals surface area contributed by atoms with Crippen LogP contribution in [-0.2, 0) is 20.9 Å². The van der Waals surface area contributed by atoms with Gasteiger partial charge < -0.3 is 10.0 Å². The first kappa shape index (κ1) is 17.7. The van der Waals surface area contributed by atoms with Crippen molar-refractivity contribution in [2.45, 2.75) is 26.8 Å². The number of ketones is 1. The summed E-state index contributed by atoms with van der Waals surface area (Å²) < 4.78 is 0. The second-order valence-corrected chi connectivity index (χ2v) is 6.25. The Bertz CT molecular complexity index is 767. The number of hydrogen-bond donors (Lipinski definition) is 1. The zero-order valence-electron chi connectivity index (χ0n) is 13.9. The fourth-order valence-electron chi connectivity index (χ4n) is 2.58. The van der Waals surface area contributed by atoms with Crippen LogP contribution < -0.4 is 0 Å². The Morgan fingerprint density at radius 3 is 2.33 bits per heavy atom. The maximum absolute atomic E-state index is 12.3. The number of Topliss-reactive ketones (excluding diaryl/α,β-unsaturated/α-hetero) is 1. The molecule has 0 unspecified atom stereocenters. The molecule has 0 aromatic heterocycles. The summed E-state index contributed by atoms with van der Waals surface area (Å²) in [5.41, 5.74) is 0.950. The summed E-state index contributed by atoms with van der Waals surface area (Å²) in [6.45, 7) is 4.77. The number of carbonyl (C=O) groups is 3. The summed E-state index contributed by atoms with van der Waals surface area (Å²) in [5.74, 6) is -2.88. The molecule has 0 aliphatic heterocycles. The van der Waals surface area contributed by atoms with Crippen molar-refractivity contribution in [1.29, 1.82) is 0 Å². The van der Waals surface area contributed by atoms with Gasteiger partial charge in [-0.2, -0.15) is 0 Å². The van der Waals surface area contributed by atoms with Crippen molar-refractivity contribution in [3.8, 4) is 0 Å². The molecule has 5 heteroatoms. The number of rotatable bonds is 7. The lowest BCUT2D eigenvalue weighted by molar-refractivity contribution is -0.151. The van der Waals surface area contributed by atoms with Crippen molar-refractivity contribution in [1.82, 2.24) is 4.90 Å². The Hall–Kier alpha value is -2.69. The van der Waals surface area contributed by atoms with Crippen LogP contribution in [0, 0.1) is 5.92 Å². The minimum absolute atomic E-state index is 0.217. The standard InChI is InChI=1S/C19H21NO4/c1-13(2)11-20(18(22)10-17(21)19(23)24)12-14-7-8-15-5-3-4-6-16(15)9-14/h3-9,13H,10-12H2,1-2H3,(H,23,24). The molecule has 2 rings (SSSR count). The molecule has 5 nitrogen and oxygen atoms in total. The molecule has 1 amide bonds. The average molecular weight is 327 g/mol. The van der Waals surface area contributed by atoms with E-state index >= 15 is 0 Å². The molecular formula is C19H21NO4. The summed E-state index contributed by atoms with van der Waals surface area (Å²) in [7, 11) is 0. The lowest BCUT2D eigenvalue weighted by Crippen LogP contribution is -2.36. The summed E-state index contributed by atoms with van der Waals surface area (Å²) >= 11 is 0. The van der Waals surface area contributed by atoms with Crippen LogP contribution in [0.4, 0.5) is 0 Å². The summed E-state index contributed by atoms with van der Waals surface area (Å²) in [5, 5.41) is 10.9. The van der Waals surface area contributed by atoms with Crippen LogP contribution in [0.3, 0.4) is 0 Å². The van der Waals surface area contributed by atoms with Gasteiger partial charge in [0.05, 0.1) is 6.42 Å². The van der Waals surface area contributed by atoms with E-state index in [2.05, 4.69) is 0 Å². The van der Waals surface area contributed by atoms with E-state index in [9.17, 15) is 14.4 Å². The van der Waals surface area contributed by atoms with Crippen LogP contribution in [0.2, 0.25) is 0 Å². The van der Waals surface area contributed by atoms with Gasteiger partial charge in [-0.15, -0.1) is 0 Å². The molecule has 0 bridgehead atoms. The van der Waals surface area contributed by atoms with Gasteiger partial charge in [0.1, 0.15) is 0 Å². The molecule has 0 fully saturated rings. The van der Waals surface area contributed by atoms with Gasteiger partial charge in [-0.1, -0.05) is 50.2 Å². The highest BCUT2D eigenvalue weighted by atomic mass is 16.4. The maximum Gasteiger partial charge on any atom is 0.372 e. The SMILES string of the molecule is CC(C)CN(Cc1ccc2ccccc2c1)C(=O)CC(=O)C(=O)O. The smallest absolute Gasteiger partial charge is 0.372 e. The Kier molecular flexibility index (Phi) is 5.68. The van der Waals surface area contributed by atoms with Crippen LogP contribution in [0.25, 0.3) is 10.8 Å². The fraction of sp³-hybridized carbons (Fsp3) is 0.316. The van der Waals surface area contributed by atoms with Crippen molar-refractivity contribution in [2.24, 2.45) is 5.92 Å². The summed E-state index contributed by atoms with van der Waals surface area (Å²) in [6.07, 6.45) is -0.602. The molecule has 2 aromatic carbocycles. The third-order valence-corrected chi connectivity index (χ3v) is 3.68. The number of aliphatic carboxylic acids is 1. The monoisotopic (exact) mass is 327 g/mol. The van der Waals surface area contributed by atoms with Crippen LogP contribution >= 0.6 is 0 Å². The third kappa shape index (κ3) is 4.65. The first-order chi connectivity index (χ1) is 11.4. The van der Waals surface area contributed by atoms with E-state index in [1.807, 2.05) is 56.3 Å². The van der Waals surface area contributed by atoms with Gasteiger partial charge in [-0.25, -0.2) is 4.79 Å². The number of carboxylic acids is 1. The van der Waals surface area contributed by atoms with Crippen molar-refractivity contribution in [3.63, 3.8) is 0 Å². The molecule has 126 valence electrons. The van der Waals surface area contributed by atoms with E-state index in [0.717, 1.165) is 16.3 Å². The normalized spacial score (nSPS) is 10.8. The van der Waals surface area contributed by atoms with Crippen molar-refractivity contribution >= 4 is 28.4 Å². The quantitative estimate of drug-likeness (QED) is 0.627. The highest BCUT2D eigenvalue weighted by Crippen LogP contribution is 2.18. The summed E-state index contributed by atoms with van der Waals surface area (Å²) in [4.78, 5) is 35.8. The number of nitrogens with zero attached hydrogens (tertiary/aromatic N) is 1. The molecule has 1 N–H and O–H groups in total. The number of hydrogen-bond acceptors (Lipinski definition) is 3. The fourth-order valence-corrected chi connectivity index (χ4v) is 2.58. The van der Waals surface area contributed by atoms with Crippen molar-refractivity contribution in [2.75, 3.05) is 6.54 Å². The molecule has 0 spiro atoms. The number of benzene rings is 2. The Balaban J connectivity index is 2.18. The van der Waals surface area contributed by atoms with E-state index in [4.69, 9.17) is 5.11 Å². The zero-order valence-corrected chi connectivity index (χ0v) is 13.9. The number of amides is 1. The Morgan fingerprint density at radius 2 is 1.71 bits per heavy atom. The Labute approximate surface area is 140 Å². The topological polar surface area (TPSA) is 74.7 Å². The molecule has 0 heterocycles. The van der Waals surface area contributed by atoms with Crippen LogP contribution in [0.15, 0.2) is 42.5 Å². The second-order valence-electron chi connectivity index (χ2n) is 6.25. The Morgan fingerprint density at radius 1 is 1.04 bits per heavy atom. The highest BCUT2D eigenvalue weighted by Gasteiger charge is 2.22. The molecule has 0 radical (unpaired) electrons. The number of fused-ring (bicyclic) bond motifs is 1. The zero-order chi connectivity index (χ0) is 17.7. The molecule has 2 aromatic rings. The minimum Gasteiger partial charge on any atom is -0.475 e. The van der Waals surface area contributed by atoms with Crippen LogP contribution in [-0.4, -0.2) is 34.2 Å². The molecule has 0 aliphatic carbocycles. The minimum atomic E-state index is -1.57. The van der Waals surface area contributed by atoms with Gasteiger partial charge in [0.15, 0.2) is 0 Å². The molecule has 0 saturated carbocycles. The van der Waals surface area contributed by atoms with Crippen molar-refractivity contribution in [3.05, 3.63) is 48.0 Å². The second kappa shape index (κ2) is 7.73. The van der Waals surface area contributed by atoms with Crippen LogP contribution in [0.5, 0.6) is 0 Å². The van der Waals surface area contributed by atoms with Gasteiger partial charge in [0, 0.05) is 13.1 Å². The lowest BCUT2D eigenvalue weighted by Gasteiger charge is -2.24. The maximum atomic E-state index is 12.3. The van der Waals surface area contributed by atoms with Gasteiger partial charge in [0.25, 0.3) is 0 Å². The first-order valence-electron chi connectivity index (χ1n) is 7.88. The number of carboxylic acid groups (broad SMARTS) is 1. The lowest BCUT2D eigenvalue weighted by atomic mass is 10.1. The van der Waals surface area contributed by atoms with E-state index < -0.39 is 24.1 Å². The van der Waals surface area contributed by atoms with Gasteiger partial charge in [0.2, 0.25) is 11.7 Å². The van der Waals surface area contributed by atoms with E-state index in [-0.39, 0.29) is 5.92 Å². The predicted octanol–water partition coefficient (Wildman–Crippen LogP) is 2.87. The molecule has 0 atom stereocenters. The van der Waals surface area contributed by atoms with E-state index in [1.54, 1.807) is 4.90 Å². The molecular weight excluding hydrogens is 306 g/mol. The van der Waals surface area contributed by atoms with E-state index in [1.165, 1.54) is 0 Å². The summed E-state index contributed by atoms with van der Waals surface area (Å²) in [6, 6.07) is 13.9.